The van der Waals surface area contributed by atoms with Crippen molar-refractivity contribution in [2.75, 3.05) is 10.6 Å². The van der Waals surface area contributed by atoms with Gasteiger partial charge in [0.05, 0.1) is 17.5 Å². The fraction of sp³-hybridized carbons (Fsp3) is 0.250. The third kappa shape index (κ3) is 1.84. The average Bonchev–Trinajstić information content (AvgIpc) is 2.83. The summed E-state index contributed by atoms with van der Waals surface area (Å²) in [4.78, 5) is 0. The molecule has 1 heterocycles. The lowest BCUT2D eigenvalue weighted by Crippen LogP contribution is -2.20. The van der Waals surface area contributed by atoms with E-state index in [4.69, 9.17) is 0 Å². The van der Waals surface area contributed by atoms with E-state index in [2.05, 4.69) is 66.9 Å². The van der Waals surface area contributed by atoms with Crippen molar-refractivity contribution in [3.8, 4) is 11.1 Å². The van der Waals surface area contributed by atoms with Crippen molar-refractivity contribution >= 4 is 11.4 Å². The molecule has 0 radical (unpaired) electrons. The molecule has 0 saturated carbocycles. The van der Waals surface area contributed by atoms with E-state index in [1.165, 1.54) is 28.1 Å². The lowest BCUT2D eigenvalue weighted by molar-refractivity contribution is 0.801. The molecule has 2 heteroatoms. The molecule has 2 aromatic rings. The van der Waals surface area contributed by atoms with Crippen molar-refractivity contribution in [2.24, 2.45) is 0 Å². The minimum Gasteiger partial charge on any atom is -0.364 e. The molecule has 0 aliphatic carbocycles. The first kappa shape index (κ1) is 11.1. The van der Waals surface area contributed by atoms with Crippen LogP contribution in [0, 0.1) is 6.92 Å². The SMILES string of the molecule is CCC1Nc2cc(-c3ccccc3)cc(C)c2N1. The minimum absolute atomic E-state index is 0.365. The number of anilines is 2. The molecule has 3 rings (SSSR count). The molecule has 0 bridgehead atoms. The van der Waals surface area contributed by atoms with Gasteiger partial charge in [-0.2, -0.15) is 0 Å². The van der Waals surface area contributed by atoms with Crippen LogP contribution in [0.15, 0.2) is 42.5 Å². The van der Waals surface area contributed by atoms with Crippen molar-refractivity contribution in [2.45, 2.75) is 26.4 Å². The van der Waals surface area contributed by atoms with E-state index >= 15 is 0 Å². The summed E-state index contributed by atoms with van der Waals surface area (Å²) in [5.41, 5.74) is 6.32. The number of rotatable bonds is 2. The lowest BCUT2D eigenvalue weighted by atomic mass is 10.0. The fourth-order valence-electron chi connectivity index (χ4n) is 2.49. The number of aryl methyl sites for hydroxylation is 1. The summed E-state index contributed by atoms with van der Waals surface area (Å²) in [5, 5.41) is 7.04. The van der Waals surface area contributed by atoms with Crippen LogP contribution in [0.1, 0.15) is 18.9 Å². The Morgan fingerprint density at radius 3 is 2.50 bits per heavy atom. The molecular formula is C16H18N2. The first-order chi connectivity index (χ1) is 8.78. The molecule has 2 nitrogen and oxygen atoms in total. The molecule has 2 aromatic carbocycles. The van der Waals surface area contributed by atoms with Gasteiger partial charge in [0.25, 0.3) is 0 Å². The van der Waals surface area contributed by atoms with E-state index in [9.17, 15) is 0 Å². The Morgan fingerprint density at radius 1 is 1.00 bits per heavy atom. The van der Waals surface area contributed by atoms with Crippen LogP contribution in [0.25, 0.3) is 11.1 Å². The van der Waals surface area contributed by atoms with E-state index in [-0.39, 0.29) is 0 Å². The highest BCUT2D eigenvalue weighted by Crippen LogP contribution is 2.37. The van der Waals surface area contributed by atoms with Crippen molar-refractivity contribution in [1.29, 1.82) is 0 Å². The predicted molar refractivity (Wildman–Crippen MR) is 77.9 cm³/mol. The van der Waals surface area contributed by atoms with E-state index in [0.717, 1.165) is 6.42 Å². The molecule has 2 N–H and O–H groups in total. The second-order valence-electron chi connectivity index (χ2n) is 4.83. The number of hydrogen-bond donors (Lipinski definition) is 2. The van der Waals surface area contributed by atoms with Gasteiger partial charge in [-0.3, -0.25) is 0 Å². The van der Waals surface area contributed by atoms with Crippen molar-refractivity contribution in [1.82, 2.24) is 0 Å². The molecule has 92 valence electrons. The lowest BCUT2D eigenvalue weighted by Gasteiger charge is -2.08. The van der Waals surface area contributed by atoms with Gasteiger partial charge in [0.15, 0.2) is 0 Å². The largest absolute Gasteiger partial charge is 0.364 e. The van der Waals surface area contributed by atoms with Crippen LogP contribution in [-0.4, -0.2) is 6.17 Å². The van der Waals surface area contributed by atoms with Crippen molar-refractivity contribution in [3.63, 3.8) is 0 Å². The van der Waals surface area contributed by atoms with E-state index < -0.39 is 0 Å². The number of fused-ring (bicyclic) bond motifs is 1. The van der Waals surface area contributed by atoms with Gasteiger partial charge in [-0.1, -0.05) is 37.3 Å². The molecule has 0 fully saturated rings. The fourth-order valence-corrected chi connectivity index (χ4v) is 2.49. The van der Waals surface area contributed by atoms with Gasteiger partial charge >= 0.3 is 0 Å². The topological polar surface area (TPSA) is 24.1 Å². The second kappa shape index (κ2) is 4.37. The van der Waals surface area contributed by atoms with Crippen molar-refractivity contribution < 1.29 is 0 Å². The average molecular weight is 238 g/mol. The van der Waals surface area contributed by atoms with Crippen LogP contribution in [0.3, 0.4) is 0 Å². The van der Waals surface area contributed by atoms with Gasteiger partial charge < -0.3 is 10.6 Å². The Hall–Kier alpha value is -1.96. The predicted octanol–water partition coefficient (Wildman–Crippen LogP) is 4.24. The van der Waals surface area contributed by atoms with Crippen LogP contribution in [0.4, 0.5) is 11.4 Å². The van der Waals surface area contributed by atoms with E-state index in [1.54, 1.807) is 0 Å². The third-order valence-electron chi connectivity index (χ3n) is 3.50. The highest BCUT2D eigenvalue weighted by Gasteiger charge is 2.20. The van der Waals surface area contributed by atoms with Gasteiger partial charge in [-0.05, 0) is 42.2 Å². The maximum atomic E-state index is 3.52. The Kier molecular flexibility index (Phi) is 2.71. The Balaban J connectivity index is 2.04. The highest BCUT2D eigenvalue weighted by atomic mass is 15.2. The molecule has 1 aliphatic heterocycles. The third-order valence-corrected chi connectivity index (χ3v) is 3.50. The smallest absolute Gasteiger partial charge is 0.0962 e. The van der Waals surface area contributed by atoms with Crippen LogP contribution < -0.4 is 10.6 Å². The number of hydrogen-bond acceptors (Lipinski definition) is 2. The van der Waals surface area contributed by atoms with Crippen LogP contribution in [0.5, 0.6) is 0 Å². The summed E-state index contributed by atoms with van der Waals surface area (Å²) in [7, 11) is 0. The quantitative estimate of drug-likeness (QED) is 0.818. The molecular weight excluding hydrogens is 220 g/mol. The molecule has 1 unspecified atom stereocenters. The zero-order valence-electron chi connectivity index (χ0n) is 10.8. The molecule has 1 atom stereocenters. The van der Waals surface area contributed by atoms with Gasteiger partial charge in [0.2, 0.25) is 0 Å². The van der Waals surface area contributed by atoms with Crippen LogP contribution in [-0.2, 0) is 0 Å². The summed E-state index contributed by atoms with van der Waals surface area (Å²) in [6, 6.07) is 15.0. The Bertz CT molecular complexity index is 561. The Morgan fingerprint density at radius 2 is 1.78 bits per heavy atom. The van der Waals surface area contributed by atoms with E-state index in [1.807, 2.05) is 0 Å². The maximum Gasteiger partial charge on any atom is 0.0962 e. The number of nitrogens with one attached hydrogen (secondary N) is 2. The minimum atomic E-state index is 0.365. The first-order valence-corrected chi connectivity index (χ1v) is 6.51. The summed E-state index contributed by atoms with van der Waals surface area (Å²) in [6.45, 7) is 4.35. The molecule has 1 aliphatic rings. The maximum absolute atomic E-state index is 3.52. The molecule has 0 aromatic heterocycles. The highest BCUT2D eigenvalue weighted by molar-refractivity contribution is 5.83. The van der Waals surface area contributed by atoms with Gasteiger partial charge in [-0.15, -0.1) is 0 Å². The zero-order chi connectivity index (χ0) is 12.5. The normalized spacial score (nSPS) is 16.9. The van der Waals surface area contributed by atoms with Crippen molar-refractivity contribution in [3.05, 3.63) is 48.0 Å². The molecule has 18 heavy (non-hydrogen) atoms. The van der Waals surface area contributed by atoms with Gasteiger partial charge in [-0.25, -0.2) is 0 Å². The number of benzene rings is 2. The summed E-state index contributed by atoms with van der Waals surface area (Å²) < 4.78 is 0. The molecule has 0 saturated heterocycles. The monoisotopic (exact) mass is 238 g/mol. The van der Waals surface area contributed by atoms with Crippen LogP contribution in [0.2, 0.25) is 0 Å². The Labute approximate surface area is 108 Å². The summed E-state index contributed by atoms with van der Waals surface area (Å²) >= 11 is 0. The van der Waals surface area contributed by atoms with Gasteiger partial charge in [0, 0.05) is 0 Å². The first-order valence-electron chi connectivity index (χ1n) is 6.51. The van der Waals surface area contributed by atoms with E-state index in [0.29, 0.717) is 6.17 Å². The molecule has 0 spiro atoms. The second-order valence-corrected chi connectivity index (χ2v) is 4.83. The standard InChI is InChI=1S/C16H18N2/c1-3-15-17-14-10-13(9-11(2)16(14)18-15)12-7-5-4-6-8-12/h4-10,15,17-18H,3H2,1-2H3. The van der Waals surface area contributed by atoms with Crippen LogP contribution >= 0.6 is 0 Å². The van der Waals surface area contributed by atoms with Gasteiger partial charge in [0.1, 0.15) is 0 Å². The summed E-state index contributed by atoms with van der Waals surface area (Å²) in [6.07, 6.45) is 1.44. The zero-order valence-corrected chi connectivity index (χ0v) is 10.8. The molecule has 0 amide bonds. The summed E-state index contributed by atoms with van der Waals surface area (Å²) in [5.74, 6) is 0.